The molecule has 0 saturated heterocycles. The average molecular weight is 276 g/mol. The molecular formula is C16H28N4. The van der Waals surface area contributed by atoms with Gasteiger partial charge in [-0.25, -0.2) is 9.97 Å². The van der Waals surface area contributed by atoms with Gasteiger partial charge in [0.05, 0.1) is 0 Å². The maximum atomic E-state index is 6.00. The van der Waals surface area contributed by atoms with E-state index in [0.29, 0.717) is 12.5 Å². The Kier molecular flexibility index (Phi) is 4.97. The van der Waals surface area contributed by atoms with Gasteiger partial charge in [0.25, 0.3) is 0 Å². The smallest absolute Gasteiger partial charge is 0.133 e. The lowest BCUT2D eigenvalue weighted by atomic mass is 9.90. The zero-order valence-electron chi connectivity index (χ0n) is 13.1. The van der Waals surface area contributed by atoms with Gasteiger partial charge < -0.3 is 11.1 Å². The van der Waals surface area contributed by atoms with Crippen molar-refractivity contribution in [2.24, 2.45) is 11.7 Å². The molecule has 0 fully saturated rings. The van der Waals surface area contributed by atoms with Crippen LogP contribution in [0, 0.1) is 5.92 Å². The van der Waals surface area contributed by atoms with Crippen LogP contribution < -0.4 is 11.1 Å². The Morgan fingerprint density at radius 3 is 2.70 bits per heavy atom. The van der Waals surface area contributed by atoms with Crippen LogP contribution in [0.15, 0.2) is 6.33 Å². The molecule has 2 rings (SSSR count). The summed E-state index contributed by atoms with van der Waals surface area (Å²) >= 11 is 0. The zero-order valence-corrected chi connectivity index (χ0v) is 13.1. The van der Waals surface area contributed by atoms with E-state index in [1.807, 2.05) is 0 Å². The first kappa shape index (κ1) is 15.2. The number of fused-ring (bicyclic) bond motifs is 1. The van der Waals surface area contributed by atoms with Gasteiger partial charge in [0.2, 0.25) is 0 Å². The maximum absolute atomic E-state index is 6.00. The van der Waals surface area contributed by atoms with Gasteiger partial charge in [-0.2, -0.15) is 0 Å². The predicted octanol–water partition coefficient (Wildman–Crippen LogP) is 2.92. The summed E-state index contributed by atoms with van der Waals surface area (Å²) in [6, 6.07) is 0. The highest BCUT2D eigenvalue weighted by Crippen LogP contribution is 2.27. The summed E-state index contributed by atoms with van der Waals surface area (Å²) in [5.74, 6) is 1.61. The highest BCUT2D eigenvalue weighted by atomic mass is 15.1. The third-order valence-electron chi connectivity index (χ3n) is 4.10. The summed E-state index contributed by atoms with van der Waals surface area (Å²) in [6.45, 7) is 7.27. The molecule has 112 valence electrons. The van der Waals surface area contributed by atoms with Crippen molar-refractivity contribution in [2.75, 3.05) is 11.9 Å². The second-order valence-corrected chi connectivity index (χ2v) is 6.70. The van der Waals surface area contributed by atoms with E-state index in [0.717, 1.165) is 25.1 Å². The van der Waals surface area contributed by atoms with E-state index in [1.165, 1.54) is 30.5 Å². The van der Waals surface area contributed by atoms with Gasteiger partial charge in [-0.3, -0.25) is 0 Å². The van der Waals surface area contributed by atoms with Crippen LogP contribution in [0.1, 0.15) is 57.7 Å². The molecule has 0 spiro atoms. The molecule has 1 aliphatic rings. The number of hydrogen-bond acceptors (Lipinski definition) is 4. The number of nitrogens with zero attached hydrogens (tertiary/aromatic N) is 2. The molecule has 1 aliphatic carbocycles. The molecule has 1 unspecified atom stereocenters. The fraction of sp³-hybridized carbons (Fsp3) is 0.750. The second kappa shape index (κ2) is 6.53. The van der Waals surface area contributed by atoms with E-state index in [-0.39, 0.29) is 5.54 Å². The first-order valence-electron chi connectivity index (χ1n) is 7.85. The SMILES string of the molecule is CC(C)CC(C)(CN)Nc1ncnc2c1CCCCC2. The van der Waals surface area contributed by atoms with E-state index in [2.05, 4.69) is 36.1 Å². The van der Waals surface area contributed by atoms with Crippen LogP contribution in [0.25, 0.3) is 0 Å². The van der Waals surface area contributed by atoms with Crippen LogP contribution in [-0.4, -0.2) is 22.1 Å². The molecule has 1 aromatic heterocycles. The first-order valence-corrected chi connectivity index (χ1v) is 7.85. The number of nitrogens with one attached hydrogen (secondary N) is 1. The lowest BCUT2D eigenvalue weighted by Crippen LogP contribution is -2.44. The minimum absolute atomic E-state index is 0.0946. The van der Waals surface area contributed by atoms with Gasteiger partial charge in [-0.15, -0.1) is 0 Å². The maximum Gasteiger partial charge on any atom is 0.133 e. The Labute approximate surface area is 122 Å². The van der Waals surface area contributed by atoms with Crippen molar-refractivity contribution in [1.82, 2.24) is 9.97 Å². The van der Waals surface area contributed by atoms with Gasteiger partial charge in [0, 0.05) is 23.3 Å². The summed E-state index contributed by atoms with van der Waals surface area (Å²) in [7, 11) is 0. The molecule has 1 aromatic rings. The van der Waals surface area contributed by atoms with Crippen LogP contribution in [-0.2, 0) is 12.8 Å². The fourth-order valence-corrected chi connectivity index (χ4v) is 3.18. The van der Waals surface area contributed by atoms with Gasteiger partial charge in [0.15, 0.2) is 0 Å². The third kappa shape index (κ3) is 3.69. The molecule has 0 amide bonds. The van der Waals surface area contributed by atoms with Crippen LogP contribution in [0.5, 0.6) is 0 Å². The van der Waals surface area contributed by atoms with Crippen LogP contribution >= 0.6 is 0 Å². The average Bonchev–Trinajstić information content (AvgIpc) is 2.64. The molecule has 0 saturated carbocycles. The largest absolute Gasteiger partial charge is 0.363 e. The molecule has 4 nitrogen and oxygen atoms in total. The van der Waals surface area contributed by atoms with E-state index in [9.17, 15) is 0 Å². The molecule has 4 heteroatoms. The van der Waals surface area contributed by atoms with E-state index >= 15 is 0 Å². The minimum atomic E-state index is -0.0946. The van der Waals surface area contributed by atoms with Crippen LogP contribution in [0.2, 0.25) is 0 Å². The first-order chi connectivity index (χ1) is 9.54. The Morgan fingerprint density at radius 2 is 2.00 bits per heavy atom. The number of aryl methyl sites for hydroxylation is 1. The quantitative estimate of drug-likeness (QED) is 0.812. The van der Waals surface area contributed by atoms with E-state index in [1.54, 1.807) is 6.33 Å². The van der Waals surface area contributed by atoms with Crippen molar-refractivity contribution in [1.29, 1.82) is 0 Å². The Bertz CT molecular complexity index is 444. The van der Waals surface area contributed by atoms with E-state index < -0.39 is 0 Å². The molecular weight excluding hydrogens is 248 g/mol. The molecule has 20 heavy (non-hydrogen) atoms. The van der Waals surface area contributed by atoms with Crippen LogP contribution in [0.3, 0.4) is 0 Å². The zero-order chi connectivity index (χ0) is 14.6. The summed E-state index contributed by atoms with van der Waals surface area (Å²) in [4.78, 5) is 8.97. The van der Waals surface area contributed by atoms with Gasteiger partial charge >= 0.3 is 0 Å². The van der Waals surface area contributed by atoms with Crippen molar-refractivity contribution >= 4 is 5.82 Å². The number of rotatable bonds is 5. The summed E-state index contributed by atoms with van der Waals surface area (Å²) in [5.41, 5.74) is 8.45. The highest BCUT2D eigenvalue weighted by Gasteiger charge is 2.26. The fourth-order valence-electron chi connectivity index (χ4n) is 3.18. The number of nitrogens with two attached hydrogens (primary N) is 1. The van der Waals surface area contributed by atoms with Crippen molar-refractivity contribution < 1.29 is 0 Å². The predicted molar refractivity (Wildman–Crippen MR) is 83.8 cm³/mol. The third-order valence-corrected chi connectivity index (χ3v) is 4.10. The molecule has 0 radical (unpaired) electrons. The van der Waals surface area contributed by atoms with E-state index in [4.69, 9.17) is 5.73 Å². The van der Waals surface area contributed by atoms with Crippen molar-refractivity contribution in [3.8, 4) is 0 Å². The van der Waals surface area contributed by atoms with Gasteiger partial charge in [-0.05, 0) is 44.9 Å². The van der Waals surface area contributed by atoms with Gasteiger partial charge in [-0.1, -0.05) is 20.3 Å². The lowest BCUT2D eigenvalue weighted by molar-refractivity contribution is 0.405. The molecule has 1 atom stereocenters. The Hall–Kier alpha value is -1.16. The van der Waals surface area contributed by atoms with Crippen molar-refractivity contribution in [3.63, 3.8) is 0 Å². The summed E-state index contributed by atoms with van der Waals surface area (Å²) < 4.78 is 0. The molecule has 3 N–H and O–H groups in total. The second-order valence-electron chi connectivity index (χ2n) is 6.70. The number of aromatic nitrogens is 2. The highest BCUT2D eigenvalue weighted by molar-refractivity contribution is 5.48. The Morgan fingerprint density at radius 1 is 1.25 bits per heavy atom. The standard InChI is InChI=1S/C16H28N4/c1-12(2)9-16(3,10-17)20-15-13-7-5-4-6-8-14(13)18-11-19-15/h11-12H,4-10,17H2,1-3H3,(H,18,19,20). The molecule has 0 bridgehead atoms. The monoisotopic (exact) mass is 276 g/mol. The van der Waals surface area contributed by atoms with Gasteiger partial charge in [0.1, 0.15) is 12.1 Å². The lowest BCUT2D eigenvalue weighted by Gasteiger charge is -2.32. The normalized spacial score (nSPS) is 18.2. The van der Waals surface area contributed by atoms with Crippen molar-refractivity contribution in [3.05, 3.63) is 17.6 Å². The van der Waals surface area contributed by atoms with Crippen LogP contribution in [0.4, 0.5) is 5.82 Å². The molecule has 0 aromatic carbocycles. The van der Waals surface area contributed by atoms with Crippen molar-refractivity contribution in [2.45, 2.75) is 64.8 Å². The molecule has 0 aliphatic heterocycles. The number of anilines is 1. The minimum Gasteiger partial charge on any atom is -0.363 e. The summed E-state index contributed by atoms with van der Waals surface area (Å²) in [5, 5.41) is 3.62. The topological polar surface area (TPSA) is 63.8 Å². The Balaban J connectivity index is 2.24. The number of hydrogen-bond donors (Lipinski definition) is 2. The molecule has 1 heterocycles. The summed E-state index contributed by atoms with van der Waals surface area (Å²) in [6.07, 6.45) is 8.66.